The zero-order valence-electron chi connectivity index (χ0n) is 12.7. The second kappa shape index (κ2) is 8.54. The van der Waals surface area contributed by atoms with E-state index in [-0.39, 0.29) is 5.97 Å². The Morgan fingerprint density at radius 1 is 1.00 bits per heavy atom. The SMILES string of the molecule is C=CC(=O)OCCCc1ccc(-c2ccc(OC=O)cc2)cc1. The minimum absolute atomic E-state index is 0.387. The number of carbonyl (C=O) groups is 2. The third kappa shape index (κ3) is 5.11. The number of hydrogen-bond donors (Lipinski definition) is 0. The van der Waals surface area contributed by atoms with E-state index < -0.39 is 0 Å². The Bertz CT molecular complexity index is 657. The molecule has 0 unspecified atom stereocenters. The van der Waals surface area contributed by atoms with Gasteiger partial charge in [0.1, 0.15) is 5.75 Å². The third-order valence-electron chi connectivity index (χ3n) is 3.35. The maximum atomic E-state index is 10.9. The molecule has 0 atom stereocenters. The first kappa shape index (κ1) is 16.5. The second-order valence-corrected chi connectivity index (χ2v) is 4.91. The molecule has 0 saturated carbocycles. The molecule has 2 rings (SSSR count). The molecule has 0 aromatic heterocycles. The highest BCUT2D eigenvalue weighted by Crippen LogP contribution is 2.23. The molecule has 4 heteroatoms. The predicted octanol–water partition coefficient (Wildman–Crippen LogP) is 3.55. The van der Waals surface area contributed by atoms with Crippen molar-refractivity contribution in [3.63, 3.8) is 0 Å². The Morgan fingerprint density at radius 3 is 2.17 bits per heavy atom. The predicted molar refractivity (Wildman–Crippen MR) is 88.0 cm³/mol. The van der Waals surface area contributed by atoms with E-state index >= 15 is 0 Å². The summed E-state index contributed by atoms with van der Waals surface area (Å²) >= 11 is 0. The first-order valence-corrected chi connectivity index (χ1v) is 7.32. The van der Waals surface area contributed by atoms with Gasteiger partial charge in [0.15, 0.2) is 0 Å². The molecule has 0 radical (unpaired) electrons. The molecule has 2 aromatic rings. The van der Waals surface area contributed by atoms with Crippen LogP contribution in [0.3, 0.4) is 0 Å². The third-order valence-corrected chi connectivity index (χ3v) is 3.35. The number of carbonyl (C=O) groups excluding carboxylic acids is 2. The lowest BCUT2D eigenvalue weighted by Gasteiger charge is -2.06. The lowest BCUT2D eigenvalue weighted by molar-refractivity contribution is -0.137. The van der Waals surface area contributed by atoms with Crippen LogP contribution in [0.4, 0.5) is 0 Å². The van der Waals surface area contributed by atoms with Crippen LogP contribution in [-0.2, 0) is 20.7 Å². The van der Waals surface area contributed by atoms with Gasteiger partial charge in [0, 0.05) is 6.08 Å². The van der Waals surface area contributed by atoms with Crippen molar-refractivity contribution in [2.24, 2.45) is 0 Å². The van der Waals surface area contributed by atoms with E-state index in [2.05, 4.69) is 18.7 Å². The van der Waals surface area contributed by atoms with Crippen molar-refractivity contribution < 1.29 is 19.1 Å². The van der Waals surface area contributed by atoms with Gasteiger partial charge in [-0.05, 0) is 41.7 Å². The van der Waals surface area contributed by atoms with Crippen LogP contribution < -0.4 is 4.74 Å². The molecule has 0 bridgehead atoms. The minimum Gasteiger partial charge on any atom is -0.463 e. The lowest BCUT2D eigenvalue weighted by atomic mass is 10.0. The molecule has 0 aliphatic heterocycles. The van der Waals surface area contributed by atoms with Gasteiger partial charge in [0.25, 0.3) is 6.47 Å². The van der Waals surface area contributed by atoms with E-state index in [4.69, 9.17) is 9.47 Å². The summed E-state index contributed by atoms with van der Waals surface area (Å²) in [7, 11) is 0. The van der Waals surface area contributed by atoms with Crippen LogP contribution in [0.2, 0.25) is 0 Å². The Hall–Kier alpha value is -2.88. The maximum absolute atomic E-state index is 10.9. The van der Waals surface area contributed by atoms with E-state index in [0.717, 1.165) is 24.0 Å². The molecule has 4 nitrogen and oxygen atoms in total. The van der Waals surface area contributed by atoms with E-state index in [1.165, 1.54) is 11.6 Å². The fourth-order valence-electron chi connectivity index (χ4n) is 2.15. The van der Waals surface area contributed by atoms with Crippen LogP contribution in [0, 0.1) is 0 Å². The summed E-state index contributed by atoms with van der Waals surface area (Å²) in [6, 6.07) is 15.5. The molecule has 0 aliphatic rings. The molecular formula is C19H18O4. The van der Waals surface area contributed by atoms with Gasteiger partial charge in [-0.15, -0.1) is 0 Å². The minimum atomic E-state index is -0.387. The summed E-state index contributed by atoms with van der Waals surface area (Å²) in [6.07, 6.45) is 2.79. The maximum Gasteiger partial charge on any atom is 0.330 e. The first-order chi connectivity index (χ1) is 11.2. The van der Waals surface area contributed by atoms with Gasteiger partial charge in [-0.1, -0.05) is 43.0 Å². The highest BCUT2D eigenvalue weighted by Gasteiger charge is 2.01. The van der Waals surface area contributed by atoms with Gasteiger partial charge in [-0.2, -0.15) is 0 Å². The summed E-state index contributed by atoms with van der Waals surface area (Å²) in [6.45, 7) is 4.16. The summed E-state index contributed by atoms with van der Waals surface area (Å²) in [5.74, 6) is 0.136. The standard InChI is InChI=1S/C19H18O4/c1-2-19(21)22-13-3-4-15-5-7-16(8-6-15)17-9-11-18(12-10-17)23-14-20/h2,5-12,14H,1,3-4,13H2. The fourth-order valence-corrected chi connectivity index (χ4v) is 2.15. The molecule has 118 valence electrons. The van der Waals surface area contributed by atoms with Gasteiger partial charge in [0.2, 0.25) is 0 Å². The highest BCUT2D eigenvalue weighted by molar-refractivity contribution is 5.81. The molecule has 0 heterocycles. The number of aryl methyl sites for hydroxylation is 1. The average Bonchev–Trinajstić information content (AvgIpc) is 2.60. The zero-order valence-corrected chi connectivity index (χ0v) is 12.7. The molecule has 0 amide bonds. The van der Waals surface area contributed by atoms with Crippen LogP contribution in [-0.4, -0.2) is 19.0 Å². The van der Waals surface area contributed by atoms with Crippen molar-refractivity contribution in [1.29, 1.82) is 0 Å². The van der Waals surface area contributed by atoms with E-state index in [1.54, 1.807) is 12.1 Å². The summed E-state index contributed by atoms with van der Waals surface area (Å²) in [4.78, 5) is 21.2. The number of benzene rings is 2. The smallest absolute Gasteiger partial charge is 0.330 e. The molecule has 23 heavy (non-hydrogen) atoms. The molecular weight excluding hydrogens is 292 g/mol. The van der Waals surface area contributed by atoms with Crippen LogP contribution in [0.1, 0.15) is 12.0 Å². The van der Waals surface area contributed by atoms with Gasteiger partial charge in [0.05, 0.1) is 6.61 Å². The van der Waals surface area contributed by atoms with Gasteiger partial charge in [-0.25, -0.2) is 4.79 Å². The first-order valence-electron chi connectivity index (χ1n) is 7.32. The lowest BCUT2D eigenvalue weighted by Crippen LogP contribution is -2.02. The van der Waals surface area contributed by atoms with Crippen molar-refractivity contribution in [3.05, 3.63) is 66.7 Å². The summed E-state index contributed by atoms with van der Waals surface area (Å²) in [5.41, 5.74) is 3.32. The molecule has 0 saturated heterocycles. The van der Waals surface area contributed by atoms with E-state index in [0.29, 0.717) is 18.8 Å². The normalized spacial score (nSPS) is 9.91. The van der Waals surface area contributed by atoms with Crippen LogP contribution in [0.25, 0.3) is 11.1 Å². The Balaban J connectivity index is 1.89. The quantitative estimate of drug-likeness (QED) is 0.324. The number of ether oxygens (including phenoxy) is 2. The average molecular weight is 310 g/mol. The Kier molecular flexibility index (Phi) is 6.12. The molecule has 0 aliphatic carbocycles. The van der Waals surface area contributed by atoms with Crippen LogP contribution >= 0.6 is 0 Å². The highest BCUT2D eigenvalue weighted by atomic mass is 16.5. The van der Waals surface area contributed by atoms with Crippen molar-refractivity contribution in [1.82, 2.24) is 0 Å². The van der Waals surface area contributed by atoms with Crippen molar-refractivity contribution in [2.45, 2.75) is 12.8 Å². The number of esters is 1. The number of rotatable bonds is 8. The molecule has 2 aromatic carbocycles. The van der Waals surface area contributed by atoms with Gasteiger partial charge >= 0.3 is 5.97 Å². The van der Waals surface area contributed by atoms with Crippen molar-refractivity contribution in [2.75, 3.05) is 6.61 Å². The molecule has 0 spiro atoms. The van der Waals surface area contributed by atoms with Gasteiger partial charge in [-0.3, -0.25) is 4.79 Å². The number of hydrogen-bond acceptors (Lipinski definition) is 4. The molecule has 0 N–H and O–H groups in total. The summed E-state index contributed by atoms with van der Waals surface area (Å²) < 4.78 is 9.72. The van der Waals surface area contributed by atoms with Crippen molar-refractivity contribution in [3.8, 4) is 16.9 Å². The van der Waals surface area contributed by atoms with Gasteiger partial charge < -0.3 is 9.47 Å². The summed E-state index contributed by atoms with van der Waals surface area (Å²) in [5, 5.41) is 0. The monoisotopic (exact) mass is 310 g/mol. The van der Waals surface area contributed by atoms with Crippen LogP contribution in [0.15, 0.2) is 61.2 Å². The molecule has 0 fully saturated rings. The largest absolute Gasteiger partial charge is 0.463 e. The second-order valence-electron chi connectivity index (χ2n) is 4.91. The Labute approximate surface area is 135 Å². The fraction of sp³-hybridized carbons (Fsp3) is 0.158. The zero-order chi connectivity index (χ0) is 16.5. The van der Waals surface area contributed by atoms with Crippen LogP contribution in [0.5, 0.6) is 5.75 Å². The topological polar surface area (TPSA) is 52.6 Å². The van der Waals surface area contributed by atoms with Crippen molar-refractivity contribution >= 4 is 12.4 Å². The van der Waals surface area contributed by atoms with E-state index in [1.807, 2.05) is 24.3 Å². The van der Waals surface area contributed by atoms with E-state index in [9.17, 15) is 9.59 Å². The Morgan fingerprint density at radius 2 is 1.61 bits per heavy atom.